The molecule has 0 rings (SSSR count). The fourth-order valence-corrected chi connectivity index (χ4v) is 2.70. The Labute approximate surface area is 105 Å². The van der Waals surface area contributed by atoms with E-state index in [0.29, 0.717) is 19.1 Å². The van der Waals surface area contributed by atoms with Gasteiger partial charge in [0.2, 0.25) is 0 Å². The quantitative estimate of drug-likeness (QED) is 0.366. The van der Waals surface area contributed by atoms with Crippen LogP contribution in [0.2, 0.25) is 0 Å². The minimum absolute atomic E-state index is 0.163. The molecule has 0 atom stereocenters. The van der Waals surface area contributed by atoms with E-state index in [1.165, 1.54) is 0 Å². The molecule has 0 amide bonds. The van der Waals surface area contributed by atoms with Gasteiger partial charge in [0.05, 0.1) is 6.61 Å². The van der Waals surface area contributed by atoms with E-state index in [0.717, 1.165) is 6.42 Å². The van der Waals surface area contributed by atoms with Gasteiger partial charge in [-0.2, -0.15) is 0 Å². The molecule has 0 saturated heterocycles. The van der Waals surface area contributed by atoms with Crippen molar-refractivity contribution in [3.05, 3.63) is 11.8 Å². The molecule has 102 valence electrons. The van der Waals surface area contributed by atoms with Crippen LogP contribution in [0.3, 0.4) is 0 Å². The summed E-state index contributed by atoms with van der Waals surface area (Å²) in [6.07, 6.45) is 2.83. The highest BCUT2D eigenvalue weighted by atomic mass is 28.4. The van der Waals surface area contributed by atoms with E-state index < -0.39 is 8.80 Å². The molecule has 0 fully saturated rings. The van der Waals surface area contributed by atoms with Crippen LogP contribution in [-0.2, 0) is 18.0 Å². The zero-order chi connectivity index (χ0) is 13.1. The number of hydrogen-bond acceptors (Lipinski definition) is 5. The molecule has 0 saturated carbocycles. The second kappa shape index (κ2) is 9.75. The highest BCUT2D eigenvalue weighted by Crippen LogP contribution is 2.11. The molecule has 0 aromatic rings. The maximum atomic E-state index is 5.57. The Kier molecular flexibility index (Phi) is 9.61. The highest BCUT2D eigenvalue weighted by molar-refractivity contribution is 6.66. The molecule has 5 nitrogen and oxygen atoms in total. The maximum Gasteiger partial charge on any atom is 0.530 e. The minimum Gasteiger partial charge on any atom is -0.374 e. The summed E-state index contributed by atoms with van der Waals surface area (Å²) in [5.41, 5.74) is 7.24. The number of ether oxygens (including phenoxy) is 1. The Balaban J connectivity index is 4.12. The zero-order valence-corrected chi connectivity index (χ0v) is 12.3. The summed E-state index contributed by atoms with van der Waals surface area (Å²) in [6, 6.07) is 0. The third-order valence-electron chi connectivity index (χ3n) is 2.09. The molecule has 6 heteroatoms. The van der Waals surface area contributed by atoms with E-state index >= 15 is 0 Å². The van der Waals surface area contributed by atoms with Gasteiger partial charge in [-0.1, -0.05) is 19.9 Å². The predicted octanol–water partition coefficient (Wildman–Crippen LogP) is 1.31. The van der Waals surface area contributed by atoms with Gasteiger partial charge in [-0.25, -0.2) is 0 Å². The van der Waals surface area contributed by atoms with E-state index in [-0.39, 0.29) is 6.79 Å². The van der Waals surface area contributed by atoms with Crippen LogP contribution in [0.15, 0.2) is 11.8 Å². The number of nitrogens with two attached hydrogens (primary N) is 1. The summed E-state index contributed by atoms with van der Waals surface area (Å²) in [6.45, 7) is 5.53. The lowest BCUT2D eigenvalue weighted by Gasteiger charge is -2.23. The summed E-state index contributed by atoms with van der Waals surface area (Å²) >= 11 is 0. The topological polar surface area (TPSA) is 62.9 Å². The fourth-order valence-electron chi connectivity index (χ4n) is 1.06. The van der Waals surface area contributed by atoms with Gasteiger partial charge in [-0.3, -0.25) is 0 Å². The first-order valence-corrected chi connectivity index (χ1v) is 7.62. The van der Waals surface area contributed by atoms with Crippen molar-refractivity contribution in [2.75, 3.05) is 34.2 Å². The zero-order valence-electron chi connectivity index (χ0n) is 11.3. The Bertz CT molecular complexity index is 208. The third kappa shape index (κ3) is 7.64. The van der Waals surface area contributed by atoms with E-state index in [1.54, 1.807) is 14.2 Å². The van der Waals surface area contributed by atoms with E-state index in [4.69, 9.17) is 23.7 Å². The lowest BCUT2D eigenvalue weighted by atomic mass is 10.2. The summed E-state index contributed by atoms with van der Waals surface area (Å²) in [7, 11) is 0.464. The van der Waals surface area contributed by atoms with Gasteiger partial charge >= 0.3 is 8.80 Å². The van der Waals surface area contributed by atoms with E-state index in [9.17, 15) is 0 Å². The van der Waals surface area contributed by atoms with Crippen LogP contribution in [0.1, 0.15) is 20.3 Å². The average molecular weight is 263 g/mol. The Morgan fingerprint density at radius 2 is 1.88 bits per heavy atom. The molecule has 0 bridgehead atoms. The van der Waals surface area contributed by atoms with Crippen LogP contribution < -0.4 is 5.73 Å². The molecule has 0 aliphatic rings. The second-order valence-corrected chi connectivity index (χ2v) is 6.57. The predicted molar refractivity (Wildman–Crippen MR) is 69.3 cm³/mol. The maximum absolute atomic E-state index is 5.57. The molecule has 0 spiro atoms. The van der Waals surface area contributed by atoms with Crippen LogP contribution >= 0.6 is 0 Å². The monoisotopic (exact) mass is 263 g/mol. The van der Waals surface area contributed by atoms with Crippen molar-refractivity contribution in [1.82, 2.24) is 0 Å². The molecule has 17 heavy (non-hydrogen) atoms. The van der Waals surface area contributed by atoms with Crippen molar-refractivity contribution in [1.29, 1.82) is 0 Å². The molecule has 0 aromatic carbocycles. The van der Waals surface area contributed by atoms with Crippen molar-refractivity contribution in [2.45, 2.75) is 20.3 Å². The molecule has 0 aliphatic carbocycles. The first-order chi connectivity index (χ1) is 8.10. The van der Waals surface area contributed by atoms with Crippen LogP contribution in [0.25, 0.3) is 0 Å². The van der Waals surface area contributed by atoms with Gasteiger partial charge in [0, 0.05) is 14.2 Å². The SMILES string of the molecule is CO[Si](C=CC(C)C)(OC)OCOCCCN. The molecular formula is C11H25NO4Si. The van der Waals surface area contributed by atoms with Gasteiger partial charge in [0.25, 0.3) is 0 Å². The van der Waals surface area contributed by atoms with Crippen LogP contribution in [0, 0.1) is 5.92 Å². The van der Waals surface area contributed by atoms with Crippen molar-refractivity contribution in [2.24, 2.45) is 11.7 Å². The average Bonchev–Trinajstić information content (AvgIpc) is 2.33. The lowest BCUT2D eigenvalue weighted by molar-refractivity contribution is -0.0279. The summed E-state index contributed by atoms with van der Waals surface area (Å²) in [5, 5.41) is 0. The van der Waals surface area contributed by atoms with Crippen molar-refractivity contribution < 1.29 is 18.0 Å². The lowest BCUT2D eigenvalue weighted by Crippen LogP contribution is -2.43. The second-order valence-electron chi connectivity index (χ2n) is 3.93. The summed E-state index contributed by atoms with van der Waals surface area (Å²) in [5.74, 6) is 0.425. The molecule has 2 N–H and O–H groups in total. The summed E-state index contributed by atoms with van der Waals surface area (Å²) in [4.78, 5) is 0. The Morgan fingerprint density at radius 1 is 1.24 bits per heavy atom. The van der Waals surface area contributed by atoms with Crippen LogP contribution in [0.5, 0.6) is 0 Å². The normalized spacial score (nSPS) is 12.8. The van der Waals surface area contributed by atoms with Crippen LogP contribution in [-0.4, -0.2) is 43.0 Å². The smallest absolute Gasteiger partial charge is 0.374 e. The largest absolute Gasteiger partial charge is 0.530 e. The van der Waals surface area contributed by atoms with Gasteiger partial charge in [-0.05, 0) is 24.6 Å². The van der Waals surface area contributed by atoms with E-state index in [2.05, 4.69) is 13.8 Å². The van der Waals surface area contributed by atoms with Crippen molar-refractivity contribution in [3.8, 4) is 0 Å². The molecule has 0 radical (unpaired) electrons. The van der Waals surface area contributed by atoms with Crippen molar-refractivity contribution >= 4 is 8.80 Å². The van der Waals surface area contributed by atoms with Gasteiger partial charge in [-0.15, -0.1) is 0 Å². The van der Waals surface area contributed by atoms with Gasteiger partial charge < -0.3 is 23.7 Å². The highest BCUT2D eigenvalue weighted by Gasteiger charge is 2.36. The first kappa shape index (κ1) is 16.8. The molecule has 0 unspecified atom stereocenters. The molecule has 0 aromatic heterocycles. The van der Waals surface area contributed by atoms with Crippen LogP contribution in [0.4, 0.5) is 0 Å². The van der Waals surface area contributed by atoms with Gasteiger partial charge in [0.1, 0.15) is 6.79 Å². The number of hydrogen-bond donors (Lipinski definition) is 1. The standard InChI is InChI=1S/C11H25NO4Si/c1-11(2)6-9-17(13-3,14-4)16-10-15-8-5-7-12/h6,9,11H,5,7-8,10,12H2,1-4H3. The Morgan fingerprint density at radius 3 is 2.35 bits per heavy atom. The molecule has 0 aliphatic heterocycles. The molecular weight excluding hydrogens is 238 g/mol. The van der Waals surface area contributed by atoms with E-state index in [1.807, 2.05) is 11.8 Å². The third-order valence-corrected chi connectivity index (χ3v) is 4.35. The van der Waals surface area contributed by atoms with Crippen molar-refractivity contribution in [3.63, 3.8) is 0 Å². The number of allylic oxidation sites excluding steroid dienone is 1. The Hall–Kier alpha value is -0.243. The van der Waals surface area contributed by atoms with Gasteiger partial charge in [0.15, 0.2) is 0 Å². The minimum atomic E-state index is -2.70. The summed E-state index contributed by atoms with van der Waals surface area (Å²) < 4.78 is 21.5. The number of rotatable bonds is 10. The first-order valence-electron chi connectivity index (χ1n) is 5.81. The fraction of sp³-hybridized carbons (Fsp3) is 0.818. The molecule has 0 heterocycles.